The predicted octanol–water partition coefficient (Wildman–Crippen LogP) is 4.92. The van der Waals surface area contributed by atoms with Crippen LogP contribution in [0, 0.1) is 5.82 Å². The van der Waals surface area contributed by atoms with Gasteiger partial charge < -0.3 is 4.90 Å². The topological polar surface area (TPSA) is 36.4 Å². The first-order valence-electron chi connectivity index (χ1n) is 10.0. The van der Waals surface area contributed by atoms with Gasteiger partial charge in [0.05, 0.1) is 16.8 Å². The Bertz CT molecular complexity index is 963. The maximum Gasteiger partial charge on any atom is 0.255 e. The molecule has 1 aliphatic heterocycles. The summed E-state index contributed by atoms with van der Waals surface area (Å²) < 4.78 is 13.1. The van der Waals surface area contributed by atoms with Crippen LogP contribution in [-0.2, 0) is 12.3 Å². The molecule has 0 N–H and O–H groups in total. The van der Waals surface area contributed by atoms with Crippen molar-refractivity contribution in [2.45, 2.75) is 23.6 Å². The van der Waals surface area contributed by atoms with Gasteiger partial charge in [0.15, 0.2) is 0 Å². The van der Waals surface area contributed by atoms with E-state index in [0.717, 1.165) is 60.1 Å². The maximum absolute atomic E-state index is 13.3. The fourth-order valence-corrected chi connectivity index (χ4v) is 5.19. The molecular weight excluding hydrogens is 417 g/mol. The fourth-order valence-electron chi connectivity index (χ4n) is 3.58. The van der Waals surface area contributed by atoms with Crippen LogP contribution in [0.2, 0.25) is 0 Å². The van der Waals surface area contributed by atoms with Gasteiger partial charge in [-0.05, 0) is 36.2 Å². The third-order valence-corrected chi connectivity index (χ3v) is 6.91. The Morgan fingerprint density at radius 3 is 2.70 bits per heavy atom. The van der Waals surface area contributed by atoms with Crippen molar-refractivity contribution < 1.29 is 9.18 Å². The highest BCUT2D eigenvalue weighted by Crippen LogP contribution is 2.27. The van der Waals surface area contributed by atoms with Crippen LogP contribution in [0.5, 0.6) is 0 Å². The number of benzene rings is 2. The van der Waals surface area contributed by atoms with Crippen molar-refractivity contribution >= 4 is 29.0 Å². The molecule has 0 bridgehead atoms. The van der Waals surface area contributed by atoms with Crippen LogP contribution in [0.1, 0.15) is 28.0 Å². The van der Waals surface area contributed by atoms with Gasteiger partial charge in [-0.15, -0.1) is 23.1 Å². The third-order valence-electron chi connectivity index (χ3n) is 5.17. The molecule has 7 heteroatoms. The molecule has 0 atom stereocenters. The Morgan fingerprint density at radius 1 is 1.07 bits per heavy atom. The Balaban J connectivity index is 1.38. The number of hydrogen-bond donors (Lipinski definition) is 0. The van der Waals surface area contributed by atoms with E-state index in [1.807, 2.05) is 52.2 Å². The summed E-state index contributed by atoms with van der Waals surface area (Å²) in [5.41, 5.74) is 4.74. The molecule has 1 saturated heterocycles. The normalized spacial score (nSPS) is 15.2. The van der Waals surface area contributed by atoms with Gasteiger partial charge >= 0.3 is 0 Å². The third kappa shape index (κ3) is 5.47. The van der Waals surface area contributed by atoms with E-state index >= 15 is 0 Å². The summed E-state index contributed by atoms with van der Waals surface area (Å²) in [7, 11) is 0. The molecule has 1 fully saturated rings. The van der Waals surface area contributed by atoms with E-state index in [-0.39, 0.29) is 11.7 Å². The molecule has 0 saturated carbocycles. The Kier molecular flexibility index (Phi) is 7.15. The van der Waals surface area contributed by atoms with Crippen LogP contribution in [-0.4, -0.2) is 46.9 Å². The fraction of sp³-hybridized carbons (Fsp3) is 0.304. The maximum atomic E-state index is 13.3. The van der Waals surface area contributed by atoms with Gasteiger partial charge in [0.25, 0.3) is 5.91 Å². The standard InChI is InChI=1S/C23H24FN3OS2/c24-19-8-6-18(7-9-19)14-26-10-3-11-27(13-12-26)23(28)21-4-1-2-5-22(21)30-16-20-15-29-17-25-20/h1-2,4-9,15,17H,3,10-14,16H2. The van der Waals surface area contributed by atoms with E-state index in [9.17, 15) is 9.18 Å². The number of thiazole rings is 1. The van der Waals surface area contributed by atoms with Crippen molar-refractivity contribution in [3.63, 3.8) is 0 Å². The van der Waals surface area contributed by atoms with E-state index < -0.39 is 0 Å². The molecule has 0 radical (unpaired) electrons. The molecule has 1 aliphatic rings. The molecule has 0 spiro atoms. The number of halogens is 1. The minimum absolute atomic E-state index is 0.0972. The average Bonchev–Trinajstić information content (AvgIpc) is 3.19. The molecule has 2 aromatic carbocycles. The van der Waals surface area contributed by atoms with Gasteiger partial charge in [-0.25, -0.2) is 9.37 Å². The minimum Gasteiger partial charge on any atom is -0.337 e. The first-order valence-corrected chi connectivity index (χ1v) is 12.0. The van der Waals surface area contributed by atoms with Crippen LogP contribution in [0.4, 0.5) is 4.39 Å². The molecule has 4 rings (SSSR count). The number of thioether (sulfide) groups is 1. The Hall–Kier alpha value is -2.22. The first kappa shape index (κ1) is 21.0. The number of aromatic nitrogens is 1. The lowest BCUT2D eigenvalue weighted by Gasteiger charge is -2.23. The molecule has 2 heterocycles. The highest BCUT2D eigenvalue weighted by molar-refractivity contribution is 7.98. The molecule has 1 amide bonds. The van der Waals surface area contributed by atoms with Crippen LogP contribution in [0.15, 0.2) is 64.3 Å². The lowest BCUT2D eigenvalue weighted by atomic mass is 10.2. The molecule has 30 heavy (non-hydrogen) atoms. The van der Waals surface area contributed by atoms with Gasteiger partial charge in [-0.2, -0.15) is 0 Å². The van der Waals surface area contributed by atoms with E-state index in [4.69, 9.17) is 0 Å². The predicted molar refractivity (Wildman–Crippen MR) is 120 cm³/mol. The van der Waals surface area contributed by atoms with Gasteiger partial charge in [0, 0.05) is 48.8 Å². The number of carbonyl (C=O) groups excluding carboxylic acids is 1. The first-order chi connectivity index (χ1) is 14.7. The molecule has 1 aromatic heterocycles. The second-order valence-electron chi connectivity index (χ2n) is 7.31. The van der Waals surface area contributed by atoms with Gasteiger partial charge in [-0.3, -0.25) is 9.69 Å². The minimum atomic E-state index is -0.210. The van der Waals surface area contributed by atoms with Gasteiger partial charge in [-0.1, -0.05) is 24.3 Å². The summed E-state index contributed by atoms with van der Waals surface area (Å²) in [5.74, 6) is 0.650. The molecule has 156 valence electrons. The number of amides is 1. The lowest BCUT2D eigenvalue weighted by molar-refractivity contribution is 0.0757. The van der Waals surface area contributed by atoms with Gasteiger partial charge in [0.2, 0.25) is 0 Å². The molecule has 3 aromatic rings. The van der Waals surface area contributed by atoms with Crippen LogP contribution in [0.3, 0.4) is 0 Å². The van der Waals surface area contributed by atoms with E-state index in [1.54, 1.807) is 23.1 Å². The zero-order valence-corrected chi connectivity index (χ0v) is 18.3. The highest BCUT2D eigenvalue weighted by atomic mass is 32.2. The van der Waals surface area contributed by atoms with Crippen molar-refractivity contribution in [1.29, 1.82) is 0 Å². The summed E-state index contributed by atoms with van der Waals surface area (Å²) in [6.45, 7) is 3.98. The summed E-state index contributed by atoms with van der Waals surface area (Å²) >= 11 is 3.25. The van der Waals surface area contributed by atoms with Crippen molar-refractivity contribution in [3.8, 4) is 0 Å². The number of rotatable bonds is 6. The van der Waals surface area contributed by atoms with E-state index in [0.29, 0.717) is 6.54 Å². The van der Waals surface area contributed by atoms with Gasteiger partial charge in [0.1, 0.15) is 5.82 Å². The SMILES string of the molecule is O=C(c1ccccc1SCc1cscn1)N1CCCN(Cc2ccc(F)cc2)CC1. The van der Waals surface area contributed by atoms with E-state index in [2.05, 4.69) is 9.88 Å². The Labute approximate surface area is 184 Å². The van der Waals surface area contributed by atoms with Crippen LogP contribution >= 0.6 is 23.1 Å². The average molecular weight is 442 g/mol. The zero-order chi connectivity index (χ0) is 20.8. The summed E-state index contributed by atoms with van der Waals surface area (Å²) in [6.07, 6.45) is 0.932. The van der Waals surface area contributed by atoms with Crippen LogP contribution in [0.25, 0.3) is 0 Å². The number of carbonyl (C=O) groups is 1. The lowest BCUT2D eigenvalue weighted by Crippen LogP contribution is -2.35. The van der Waals surface area contributed by atoms with Crippen molar-refractivity contribution in [2.24, 2.45) is 0 Å². The second-order valence-corrected chi connectivity index (χ2v) is 9.05. The number of hydrogen-bond acceptors (Lipinski definition) is 5. The molecule has 0 aliphatic carbocycles. The van der Waals surface area contributed by atoms with Crippen molar-refractivity contribution in [1.82, 2.24) is 14.8 Å². The van der Waals surface area contributed by atoms with E-state index in [1.165, 1.54) is 12.1 Å². The monoisotopic (exact) mass is 441 g/mol. The molecule has 4 nitrogen and oxygen atoms in total. The van der Waals surface area contributed by atoms with Crippen LogP contribution < -0.4 is 0 Å². The summed E-state index contributed by atoms with van der Waals surface area (Å²) in [6, 6.07) is 14.5. The summed E-state index contributed by atoms with van der Waals surface area (Å²) in [4.78, 5) is 22.9. The quantitative estimate of drug-likeness (QED) is 0.509. The highest BCUT2D eigenvalue weighted by Gasteiger charge is 2.22. The number of nitrogens with zero attached hydrogens (tertiary/aromatic N) is 3. The summed E-state index contributed by atoms with van der Waals surface area (Å²) in [5, 5.41) is 2.04. The van der Waals surface area contributed by atoms with Crippen molar-refractivity contribution in [2.75, 3.05) is 26.2 Å². The molecular formula is C23H24FN3OS2. The Morgan fingerprint density at radius 2 is 1.90 bits per heavy atom. The smallest absolute Gasteiger partial charge is 0.255 e. The molecule has 0 unspecified atom stereocenters. The van der Waals surface area contributed by atoms with Crippen molar-refractivity contribution in [3.05, 3.63) is 82.1 Å². The largest absolute Gasteiger partial charge is 0.337 e. The second kappa shape index (κ2) is 10.2. The zero-order valence-electron chi connectivity index (χ0n) is 16.7.